The van der Waals surface area contributed by atoms with E-state index in [-0.39, 0.29) is 12.4 Å². The molecule has 1 saturated heterocycles. The molecule has 0 aromatic heterocycles. The molecule has 1 aromatic carbocycles. The number of benzene rings is 1. The molecule has 1 heterocycles. The number of rotatable bonds is 6. The first-order valence-corrected chi connectivity index (χ1v) is 8.59. The van der Waals surface area contributed by atoms with E-state index in [0.717, 1.165) is 0 Å². The van der Waals surface area contributed by atoms with Crippen molar-refractivity contribution in [2.24, 2.45) is 5.92 Å². The van der Waals surface area contributed by atoms with Crippen LogP contribution >= 0.6 is 0 Å². The van der Waals surface area contributed by atoms with Crippen LogP contribution in [-0.4, -0.2) is 47.4 Å². The van der Waals surface area contributed by atoms with Gasteiger partial charge in [-0.15, -0.1) is 0 Å². The first-order chi connectivity index (χ1) is 12.7. The maximum absolute atomic E-state index is 12.0. The van der Waals surface area contributed by atoms with Gasteiger partial charge >= 0.3 is 11.9 Å². The Bertz CT molecular complexity index is 683. The van der Waals surface area contributed by atoms with Crippen LogP contribution in [0.1, 0.15) is 33.3 Å². The van der Waals surface area contributed by atoms with Crippen molar-refractivity contribution in [2.45, 2.75) is 58.9 Å². The first kappa shape index (κ1) is 20.9. The van der Waals surface area contributed by atoms with E-state index in [2.05, 4.69) is 0 Å². The fourth-order valence-corrected chi connectivity index (χ4v) is 3.02. The zero-order valence-corrected chi connectivity index (χ0v) is 15.7. The van der Waals surface area contributed by atoms with Crippen molar-refractivity contribution in [1.82, 2.24) is 0 Å². The first-order valence-electron chi connectivity index (χ1n) is 8.59. The van der Waals surface area contributed by atoms with Gasteiger partial charge in [0.15, 0.2) is 11.9 Å². The van der Waals surface area contributed by atoms with E-state index in [0.29, 0.717) is 11.3 Å². The molecular weight excluding hydrogens is 356 g/mol. The average Bonchev–Trinajstić information content (AvgIpc) is 2.60. The Morgan fingerprint density at radius 3 is 2.04 bits per heavy atom. The largest absolute Gasteiger partial charge is 0.461 e. The van der Waals surface area contributed by atoms with Crippen LogP contribution in [0, 0.1) is 5.92 Å². The standard InChI is InChI=1S/C19H24O8/c1-10-16(11(2)21)27-19(26-15-7-5-14(9-20)6-8-15)18(25-13(4)23)17(10)24-12(3)22/h5-8,10,16-20H,9H2,1-4H3/t10-,16+,17+,18-,19-/m1/s1. The minimum absolute atomic E-state index is 0.116. The van der Waals surface area contributed by atoms with Crippen molar-refractivity contribution < 1.29 is 38.4 Å². The van der Waals surface area contributed by atoms with Gasteiger partial charge in [0.05, 0.1) is 6.61 Å². The molecule has 1 N–H and O–H groups in total. The van der Waals surface area contributed by atoms with Gasteiger partial charge < -0.3 is 24.1 Å². The number of ether oxygens (including phenoxy) is 4. The molecule has 1 aliphatic heterocycles. The van der Waals surface area contributed by atoms with Crippen LogP contribution in [0.5, 0.6) is 5.75 Å². The lowest BCUT2D eigenvalue weighted by atomic mass is 9.88. The summed E-state index contributed by atoms with van der Waals surface area (Å²) in [5.41, 5.74) is 0.691. The summed E-state index contributed by atoms with van der Waals surface area (Å²) in [6.07, 6.45) is -3.99. The molecule has 0 bridgehead atoms. The third kappa shape index (κ3) is 5.27. The molecule has 1 aliphatic rings. The highest BCUT2D eigenvalue weighted by Gasteiger charge is 2.50. The van der Waals surface area contributed by atoms with E-state index in [1.807, 2.05) is 0 Å². The summed E-state index contributed by atoms with van der Waals surface area (Å²) in [7, 11) is 0. The van der Waals surface area contributed by atoms with Gasteiger partial charge in [-0.05, 0) is 24.6 Å². The molecule has 1 fully saturated rings. The van der Waals surface area contributed by atoms with Crippen LogP contribution in [0.15, 0.2) is 24.3 Å². The predicted molar refractivity (Wildman–Crippen MR) is 92.6 cm³/mol. The summed E-state index contributed by atoms with van der Waals surface area (Å²) >= 11 is 0. The molecule has 8 heteroatoms. The molecule has 0 radical (unpaired) electrons. The summed E-state index contributed by atoms with van der Waals surface area (Å²) in [5.74, 6) is -1.58. The summed E-state index contributed by atoms with van der Waals surface area (Å²) in [5, 5.41) is 9.13. The fourth-order valence-electron chi connectivity index (χ4n) is 3.02. The molecule has 27 heavy (non-hydrogen) atoms. The van der Waals surface area contributed by atoms with Gasteiger partial charge in [-0.2, -0.15) is 0 Å². The zero-order valence-electron chi connectivity index (χ0n) is 15.7. The third-order valence-electron chi connectivity index (χ3n) is 4.23. The third-order valence-corrected chi connectivity index (χ3v) is 4.23. The van der Waals surface area contributed by atoms with E-state index in [9.17, 15) is 14.4 Å². The number of esters is 2. The second-order valence-electron chi connectivity index (χ2n) is 6.46. The maximum atomic E-state index is 12.0. The van der Waals surface area contributed by atoms with Crippen molar-refractivity contribution >= 4 is 17.7 Å². The van der Waals surface area contributed by atoms with Gasteiger partial charge in [-0.1, -0.05) is 19.1 Å². The van der Waals surface area contributed by atoms with Gasteiger partial charge in [0, 0.05) is 19.8 Å². The lowest BCUT2D eigenvalue weighted by molar-refractivity contribution is -0.261. The second kappa shape index (κ2) is 8.96. The van der Waals surface area contributed by atoms with Crippen LogP contribution in [0.2, 0.25) is 0 Å². The van der Waals surface area contributed by atoms with Gasteiger partial charge in [-0.25, -0.2) is 0 Å². The Morgan fingerprint density at radius 1 is 1.00 bits per heavy atom. The number of Topliss-reactive ketones (excluding diaryl/α,β-unsaturated/α-hetero) is 1. The maximum Gasteiger partial charge on any atom is 0.303 e. The van der Waals surface area contributed by atoms with E-state index in [4.69, 9.17) is 24.1 Å². The molecule has 2 rings (SSSR count). The summed E-state index contributed by atoms with van der Waals surface area (Å²) in [6.45, 7) is 5.39. The molecule has 8 nitrogen and oxygen atoms in total. The molecular formula is C19H24O8. The number of carbonyl (C=O) groups excluding carboxylic acids is 3. The van der Waals surface area contributed by atoms with Crippen LogP contribution < -0.4 is 4.74 Å². The fraction of sp³-hybridized carbons (Fsp3) is 0.526. The Balaban J connectivity index is 2.33. The van der Waals surface area contributed by atoms with Gasteiger partial charge in [0.2, 0.25) is 12.4 Å². The van der Waals surface area contributed by atoms with E-state index in [1.165, 1.54) is 20.8 Å². The lowest BCUT2D eigenvalue weighted by Gasteiger charge is -2.43. The molecule has 0 saturated carbocycles. The molecule has 148 valence electrons. The number of hydrogen-bond acceptors (Lipinski definition) is 8. The van der Waals surface area contributed by atoms with Crippen LogP contribution in [0.25, 0.3) is 0 Å². The van der Waals surface area contributed by atoms with E-state index >= 15 is 0 Å². The summed E-state index contributed by atoms with van der Waals surface area (Å²) in [4.78, 5) is 35.1. The number of hydrogen-bond donors (Lipinski definition) is 1. The molecule has 0 unspecified atom stereocenters. The normalized spacial score (nSPS) is 27.5. The van der Waals surface area contributed by atoms with E-state index in [1.54, 1.807) is 31.2 Å². The Kier molecular flexibility index (Phi) is 6.92. The number of aliphatic hydroxyl groups is 1. The molecule has 5 atom stereocenters. The van der Waals surface area contributed by atoms with Gasteiger partial charge in [-0.3, -0.25) is 14.4 Å². The highest BCUT2D eigenvalue weighted by molar-refractivity contribution is 5.81. The van der Waals surface area contributed by atoms with Crippen molar-refractivity contribution in [3.8, 4) is 5.75 Å². The van der Waals surface area contributed by atoms with E-state index < -0.39 is 42.5 Å². The Hall–Kier alpha value is -2.45. The van der Waals surface area contributed by atoms with Crippen molar-refractivity contribution in [3.63, 3.8) is 0 Å². The highest BCUT2D eigenvalue weighted by Crippen LogP contribution is 2.32. The zero-order chi connectivity index (χ0) is 20.1. The summed E-state index contributed by atoms with van der Waals surface area (Å²) in [6, 6.07) is 6.55. The number of ketones is 1. The van der Waals surface area contributed by atoms with Crippen molar-refractivity contribution in [3.05, 3.63) is 29.8 Å². The summed E-state index contributed by atoms with van der Waals surface area (Å²) < 4.78 is 22.2. The van der Waals surface area contributed by atoms with Gasteiger partial charge in [0.1, 0.15) is 11.9 Å². The monoisotopic (exact) mass is 380 g/mol. The van der Waals surface area contributed by atoms with Crippen molar-refractivity contribution in [1.29, 1.82) is 0 Å². The highest BCUT2D eigenvalue weighted by atomic mass is 16.7. The molecule has 0 spiro atoms. The SMILES string of the molecule is CC(=O)O[C@H]1[C@H](Oc2ccc(CO)cc2)O[C@H](C(C)=O)[C@@H](C)[C@@H]1OC(C)=O. The number of carbonyl (C=O) groups is 3. The Labute approximate surface area is 157 Å². The topological polar surface area (TPSA) is 108 Å². The molecule has 0 amide bonds. The smallest absolute Gasteiger partial charge is 0.303 e. The van der Waals surface area contributed by atoms with Crippen LogP contribution in [-0.2, 0) is 35.2 Å². The molecule has 1 aromatic rings. The lowest BCUT2D eigenvalue weighted by Crippen LogP contribution is -2.59. The average molecular weight is 380 g/mol. The molecule has 0 aliphatic carbocycles. The number of aliphatic hydroxyl groups excluding tert-OH is 1. The van der Waals surface area contributed by atoms with Gasteiger partial charge in [0.25, 0.3) is 0 Å². The quantitative estimate of drug-likeness (QED) is 0.737. The second-order valence-corrected chi connectivity index (χ2v) is 6.46. The minimum Gasteiger partial charge on any atom is -0.461 e. The van der Waals surface area contributed by atoms with Crippen molar-refractivity contribution in [2.75, 3.05) is 0 Å². The van der Waals surface area contributed by atoms with Crippen LogP contribution in [0.4, 0.5) is 0 Å². The van der Waals surface area contributed by atoms with Crippen LogP contribution in [0.3, 0.4) is 0 Å². The predicted octanol–water partition coefficient (Wildman–Crippen LogP) is 1.37. The minimum atomic E-state index is -1.15. The Morgan fingerprint density at radius 2 is 1.56 bits per heavy atom.